The number of rotatable bonds is 7. The van der Waals surface area contributed by atoms with Crippen molar-refractivity contribution in [2.24, 2.45) is 0 Å². The van der Waals surface area contributed by atoms with Crippen LogP contribution in [0.2, 0.25) is 0 Å². The molecule has 17 heavy (non-hydrogen) atoms. The van der Waals surface area contributed by atoms with E-state index in [4.69, 9.17) is 0 Å². The Kier molecular flexibility index (Phi) is 6.60. The van der Waals surface area contributed by atoms with Gasteiger partial charge in [0.1, 0.15) is 0 Å². The SMILES string of the molecule is CS(=O)(=O)NCCCNCc1cc(Br)c(Br)s1. The van der Waals surface area contributed by atoms with Gasteiger partial charge in [0, 0.05) is 22.4 Å². The summed E-state index contributed by atoms with van der Waals surface area (Å²) in [5.74, 6) is 0. The summed E-state index contributed by atoms with van der Waals surface area (Å²) in [4.78, 5) is 1.24. The molecule has 0 atom stereocenters. The largest absolute Gasteiger partial charge is 0.312 e. The van der Waals surface area contributed by atoms with Crippen molar-refractivity contribution in [2.45, 2.75) is 13.0 Å². The summed E-state index contributed by atoms with van der Waals surface area (Å²) >= 11 is 8.55. The highest BCUT2D eigenvalue weighted by molar-refractivity contribution is 9.13. The number of sulfonamides is 1. The number of halogens is 2. The lowest BCUT2D eigenvalue weighted by Gasteiger charge is -2.03. The van der Waals surface area contributed by atoms with Gasteiger partial charge in [-0.2, -0.15) is 0 Å². The smallest absolute Gasteiger partial charge is 0.208 e. The minimum Gasteiger partial charge on any atom is -0.312 e. The van der Waals surface area contributed by atoms with E-state index in [1.807, 2.05) is 0 Å². The molecule has 0 saturated heterocycles. The molecule has 0 aliphatic carbocycles. The van der Waals surface area contributed by atoms with E-state index in [0.29, 0.717) is 6.54 Å². The first-order chi connectivity index (χ1) is 7.88. The van der Waals surface area contributed by atoms with Crippen LogP contribution in [0.1, 0.15) is 11.3 Å². The molecule has 0 aliphatic rings. The van der Waals surface area contributed by atoms with Gasteiger partial charge >= 0.3 is 0 Å². The lowest BCUT2D eigenvalue weighted by atomic mass is 10.4. The minimum atomic E-state index is -3.05. The Hall–Kier alpha value is 0.530. The molecule has 1 heterocycles. The van der Waals surface area contributed by atoms with Crippen LogP contribution in [0.25, 0.3) is 0 Å². The van der Waals surface area contributed by atoms with E-state index in [-0.39, 0.29) is 0 Å². The van der Waals surface area contributed by atoms with Crippen molar-refractivity contribution in [1.29, 1.82) is 0 Å². The average Bonchev–Trinajstić information content (AvgIpc) is 2.50. The van der Waals surface area contributed by atoms with E-state index in [1.54, 1.807) is 11.3 Å². The standard InChI is InChI=1S/C9H14Br2N2O2S2/c1-17(14,15)13-4-2-3-12-6-7-5-8(10)9(11)16-7/h5,12-13H,2-4,6H2,1H3. The molecule has 0 spiro atoms. The van der Waals surface area contributed by atoms with Crippen LogP contribution in [-0.4, -0.2) is 27.8 Å². The maximum absolute atomic E-state index is 10.8. The number of hydrogen-bond acceptors (Lipinski definition) is 4. The zero-order valence-electron chi connectivity index (χ0n) is 9.29. The highest BCUT2D eigenvalue weighted by Crippen LogP contribution is 2.32. The van der Waals surface area contributed by atoms with Crippen molar-refractivity contribution in [2.75, 3.05) is 19.3 Å². The molecule has 1 aromatic heterocycles. The van der Waals surface area contributed by atoms with E-state index in [0.717, 1.165) is 27.8 Å². The van der Waals surface area contributed by atoms with Gasteiger partial charge in [-0.05, 0) is 50.9 Å². The van der Waals surface area contributed by atoms with Gasteiger partial charge in [-0.3, -0.25) is 0 Å². The van der Waals surface area contributed by atoms with Crippen LogP contribution in [0, 0.1) is 0 Å². The fourth-order valence-corrected chi connectivity index (χ4v) is 3.82. The molecule has 0 bridgehead atoms. The fourth-order valence-electron chi connectivity index (χ4n) is 1.16. The van der Waals surface area contributed by atoms with Gasteiger partial charge in [0.25, 0.3) is 0 Å². The van der Waals surface area contributed by atoms with Gasteiger partial charge in [0.15, 0.2) is 0 Å². The van der Waals surface area contributed by atoms with E-state index in [1.165, 1.54) is 11.1 Å². The van der Waals surface area contributed by atoms with Crippen molar-refractivity contribution >= 4 is 53.2 Å². The summed E-state index contributed by atoms with van der Waals surface area (Å²) in [6.07, 6.45) is 1.95. The lowest BCUT2D eigenvalue weighted by molar-refractivity contribution is 0.579. The van der Waals surface area contributed by atoms with Crippen molar-refractivity contribution in [3.8, 4) is 0 Å². The number of nitrogens with one attached hydrogen (secondary N) is 2. The molecule has 0 radical (unpaired) electrons. The van der Waals surface area contributed by atoms with E-state index >= 15 is 0 Å². The van der Waals surface area contributed by atoms with Crippen LogP contribution in [-0.2, 0) is 16.6 Å². The number of hydrogen-bond donors (Lipinski definition) is 2. The maximum atomic E-state index is 10.8. The Morgan fingerprint density at radius 3 is 2.59 bits per heavy atom. The Labute approximate surface area is 122 Å². The molecule has 8 heteroatoms. The molecule has 4 nitrogen and oxygen atoms in total. The van der Waals surface area contributed by atoms with Crippen LogP contribution in [0.5, 0.6) is 0 Å². The maximum Gasteiger partial charge on any atom is 0.208 e. The molecular formula is C9H14Br2N2O2S2. The molecule has 0 fully saturated rings. The molecule has 98 valence electrons. The van der Waals surface area contributed by atoms with Crippen LogP contribution in [0.3, 0.4) is 0 Å². The molecule has 0 saturated carbocycles. The fraction of sp³-hybridized carbons (Fsp3) is 0.556. The summed E-state index contributed by atoms with van der Waals surface area (Å²) in [6.45, 7) is 2.06. The summed E-state index contributed by atoms with van der Waals surface area (Å²) in [5, 5.41) is 3.26. The quantitative estimate of drug-likeness (QED) is 0.684. The first kappa shape index (κ1) is 15.6. The van der Waals surface area contributed by atoms with Crippen molar-refractivity contribution in [1.82, 2.24) is 10.0 Å². The minimum absolute atomic E-state index is 0.476. The first-order valence-corrected chi connectivity index (χ1v) is 9.27. The van der Waals surface area contributed by atoms with Gasteiger partial charge in [-0.1, -0.05) is 0 Å². The predicted octanol–water partition coefficient (Wildman–Crippen LogP) is 2.30. The Morgan fingerprint density at radius 2 is 2.06 bits per heavy atom. The van der Waals surface area contributed by atoms with Gasteiger partial charge in [0.2, 0.25) is 10.0 Å². The first-order valence-electron chi connectivity index (χ1n) is 4.97. The molecule has 1 rings (SSSR count). The third-order valence-electron chi connectivity index (χ3n) is 1.89. The third-order valence-corrected chi connectivity index (χ3v) is 5.87. The summed E-state index contributed by atoms with van der Waals surface area (Å²) < 4.78 is 26.2. The third kappa shape index (κ3) is 6.88. The Bertz CT molecular complexity index is 440. The molecule has 0 aromatic carbocycles. The normalized spacial score (nSPS) is 11.9. The molecule has 1 aromatic rings. The van der Waals surface area contributed by atoms with E-state index < -0.39 is 10.0 Å². The van der Waals surface area contributed by atoms with Crippen molar-refractivity contribution in [3.05, 3.63) is 19.2 Å². The van der Waals surface area contributed by atoms with Crippen LogP contribution < -0.4 is 10.0 Å². The molecule has 2 N–H and O–H groups in total. The second kappa shape index (κ2) is 7.20. The molecule has 0 unspecified atom stereocenters. The predicted molar refractivity (Wildman–Crippen MR) is 78.9 cm³/mol. The summed E-state index contributed by atoms with van der Waals surface area (Å²) in [7, 11) is -3.05. The van der Waals surface area contributed by atoms with Gasteiger partial charge in [0.05, 0.1) is 10.0 Å². The van der Waals surface area contributed by atoms with Crippen LogP contribution in [0.15, 0.2) is 14.3 Å². The monoisotopic (exact) mass is 404 g/mol. The highest BCUT2D eigenvalue weighted by Gasteiger charge is 2.03. The zero-order chi connectivity index (χ0) is 12.9. The lowest BCUT2D eigenvalue weighted by Crippen LogP contribution is -2.26. The molecule has 0 amide bonds. The molecular weight excluding hydrogens is 392 g/mol. The van der Waals surface area contributed by atoms with Gasteiger partial charge < -0.3 is 5.32 Å². The average molecular weight is 406 g/mol. The topological polar surface area (TPSA) is 58.2 Å². The van der Waals surface area contributed by atoms with Crippen molar-refractivity contribution in [3.63, 3.8) is 0 Å². The Balaban J connectivity index is 2.12. The van der Waals surface area contributed by atoms with Crippen molar-refractivity contribution < 1.29 is 8.42 Å². The summed E-state index contributed by atoms with van der Waals surface area (Å²) in [6, 6.07) is 2.07. The second-order valence-electron chi connectivity index (χ2n) is 3.53. The Morgan fingerprint density at radius 1 is 1.35 bits per heavy atom. The van der Waals surface area contributed by atoms with Gasteiger partial charge in [-0.15, -0.1) is 11.3 Å². The number of thiophene rings is 1. The van der Waals surface area contributed by atoms with Crippen LogP contribution in [0.4, 0.5) is 0 Å². The van der Waals surface area contributed by atoms with Crippen LogP contribution >= 0.6 is 43.2 Å². The zero-order valence-corrected chi connectivity index (χ0v) is 14.1. The van der Waals surface area contributed by atoms with E-state index in [9.17, 15) is 8.42 Å². The van der Waals surface area contributed by atoms with Gasteiger partial charge in [-0.25, -0.2) is 13.1 Å². The second-order valence-corrected chi connectivity index (χ2v) is 8.67. The highest BCUT2D eigenvalue weighted by atomic mass is 79.9. The molecule has 0 aliphatic heterocycles. The summed E-state index contributed by atoms with van der Waals surface area (Å²) in [5.41, 5.74) is 0. The van der Waals surface area contributed by atoms with E-state index in [2.05, 4.69) is 48.0 Å².